The quantitative estimate of drug-likeness (QED) is 0.0835. The monoisotopic (exact) mass is 794 g/mol. The SMILES string of the molecule is N#Cc1cnc2c(cnn2-c2cc(NC3CC3)c(C(=O)NCC(F)COCCCCCNC(=O)COc3cccc4c3C(=O)N(C3CCC(=O)NC3=O)C4=O)cn2)c1. The molecule has 1 aliphatic carbocycles. The lowest BCUT2D eigenvalue weighted by atomic mass is 10.0. The molecular formula is C39H39FN10O8. The predicted molar refractivity (Wildman–Crippen MR) is 202 cm³/mol. The lowest BCUT2D eigenvalue weighted by Crippen LogP contribution is -2.54. The van der Waals surface area contributed by atoms with E-state index in [-0.39, 0.29) is 61.1 Å². The Balaban J connectivity index is 0.787. The second-order valence-electron chi connectivity index (χ2n) is 14.0. The van der Waals surface area contributed by atoms with Crippen LogP contribution in [0.15, 0.2) is 48.9 Å². The van der Waals surface area contributed by atoms with Gasteiger partial charge in [-0.15, -0.1) is 0 Å². The van der Waals surface area contributed by atoms with Crippen molar-refractivity contribution >= 4 is 52.2 Å². The minimum atomic E-state index is -1.45. The fraction of sp³-hybridized carbons (Fsp3) is 0.385. The van der Waals surface area contributed by atoms with E-state index in [9.17, 15) is 33.2 Å². The topological polar surface area (TPSA) is 240 Å². The van der Waals surface area contributed by atoms with Gasteiger partial charge in [-0.3, -0.25) is 39.0 Å². The minimum Gasteiger partial charge on any atom is -0.483 e. The summed E-state index contributed by atoms with van der Waals surface area (Å²) in [6, 6.07) is 8.91. The number of alkyl halides is 1. The molecule has 3 aromatic heterocycles. The number of rotatable bonds is 18. The van der Waals surface area contributed by atoms with Crippen molar-refractivity contribution in [2.75, 3.05) is 38.2 Å². The molecule has 2 aliphatic heterocycles. The third kappa shape index (κ3) is 8.92. The molecule has 2 fully saturated rings. The van der Waals surface area contributed by atoms with Gasteiger partial charge in [0.1, 0.15) is 24.0 Å². The van der Waals surface area contributed by atoms with E-state index in [0.29, 0.717) is 53.9 Å². The number of nitrogens with zero attached hydrogens (tertiary/aromatic N) is 6. The molecule has 58 heavy (non-hydrogen) atoms. The summed E-state index contributed by atoms with van der Waals surface area (Å²) in [5.41, 5.74) is 1.71. The van der Waals surface area contributed by atoms with Crippen molar-refractivity contribution in [3.05, 3.63) is 71.2 Å². The molecule has 0 radical (unpaired) electrons. The molecule has 0 bridgehead atoms. The highest BCUT2D eigenvalue weighted by Crippen LogP contribution is 2.34. The number of pyridine rings is 2. The number of benzene rings is 1. The molecule has 19 heteroatoms. The lowest BCUT2D eigenvalue weighted by Gasteiger charge is -2.27. The summed E-state index contributed by atoms with van der Waals surface area (Å²) in [7, 11) is 0. The number of aromatic nitrogens is 4. The second kappa shape index (κ2) is 17.5. The van der Waals surface area contributed by atoms with Crippen LogP contribution in [-0.4, -0.2) is 111 Å². The Morgan fingerprint density at radius 3 is 2.66 bits per heavy atom. The van der Waals surface area contributed by atoms with Gasteiger partial charge in [-0.1, -0.05) is 6.07 Å². The van der Waals surface area contributed by atoms with Crippen LogP contribution in [0.4, 0.5) is 10.1 Å². The number of hydrogen-bond donors (Lipinski definition) is 4. The summed E-state index contributed by atoms with van der Waals surface area (Å²) >= 11 is 0. The number of fused-ring (bicyclic) bond motifs is 2. The van der Waals surface area contributed by atoms with E-state index in [0.717, 1.165) is 17.7 Å². The number of imide groups is 2. The second-order valence-corrected chi connectivity index (χ2v) is 14.0. The number of carbonyl (C=O) groups excluding carboxylic acids is 6. The first kappa shape index (κ1) is 39.4. The van der Waals surface area contributed by atoms with Gasteiger partial charge in [-0.25, -0.2) is 14.4 Å². The molecule has 4 aromatic rings. The van der Waals surface area contributed by atoms with Crippen LogP contribution in [0.25, 0.3) is 16.9 Å². The Morgan fingerprint density at radius 1 is 1.02 bits per heavy atom. The molecule has 6 amide bonds. The van der Waals surface area contributed by atoms with E-state index in [1.165, 1.54) is 35.3 Å². The van der Waals surface area contributed by atoms with Crippen LogP contribution in [0.1, 0.15) is 81.6 Å². The van der Waals surface area contributed by atoms with Gasteiger partial charge in [0.05, 0.1) is 47.3 Å². The van der Waals surface area contributed by atoms with E-state index in [1.54, 1.807) is 18.3 Å². The summed E-state index contributed by atoms with van der Waals surface area (Å²) in [6.07, 6.45) is 6.81. The zero-order valence-electron chi connectivity index (χ0n) is 31.2. The van der Waals surface area contributed by atoms with Gasteiger partial charge in [0, 0.05) is 49.5 Å². The van der Waals surface area contributed by atoms with Crippen LogP contribution in [0.2, 0.25) is 0 Å². The van der Waals surface area contributed by atoms with Crippen LogP contribution in [0.3, 0.4) is 0 Å². The Kier molecular flexibility index (Phi) is 11.9. The van der Waals surface area contributed by atoms with Crippen LogP contribution < -0.4 is 26.0 Å². The summed E-state index contributed by atoms with van der Waals surface area (Å²) in [4.78, 5) is 85.2. The van der Waals surface area contributed by atoms with Crippen molar-refractivity contribution in [1.82, 2.24) is 40.6 Å². The van der Waals surface area contributed by atoms with Crippen molar-refractivity contribution in [3.63, 3.8) is 0 Å². The molecule has 1 saturated carbocycles. The highest BCUT2D eigenvalue weighted by molar-refractivity contribution is 6.24. The fourth-order valence-electron chi connectivity index (χ4n) is 6.56. The molecule has 4 N–H and O–H groups in total. The van der Waals surface area contributed by atoms with Crippen molar-refractivity contribution in [2.45, 2.75) is 63.2 Å². The zero-order valence-corrected chi connectivity index (χ0v) is 31.2. The molecule has 2 atom stereocenters. The van der Waals surface area contributed by atoms with Gasteiger partial charge in [-0.2, -0.15) is 15.0 Å². The number of hydrogen-bond acceptors (Lipinski definition) is 13. The van der Waals surface area contributed by atoms with Gasteiger partial charge >= 0.3 is 0 Å². The largest absolute Gasteiger partial charge is 0.483 e. The van der Waals surface area contributed by atoms with Crippen LogP contribution >= 0.6 is 0 Å². The number of nitriles is 1. The smallest absolute Gasteiger partial charge is 0.266 e. The standard InChI is InChI=1S/C39H39FN10O8/c40-24(18-45-36(53)27-19-43-31(14-28(27)47-25-7-8-25)50-35-23(17-46-50)13-22(15-41)16-44-35)20-57-12-3-1-2-11-42-33(52)21-58-30-6-4-5-26-34(30)39(56)49(38(26)55)29-9-10-32(51)48-37(29)54/h4-6,13-14,16-17,19,24-25,29H,1-3,7-12,18,20-21H2,(H,42,52)(H,43,47)(H,45,53)(H,48,51,54). The van der Waals surface area contributed by atoms with Gasteiger partial charge in [0.25, 0.3) is 23.6 Å². The summed E-state index contributed by atoms with van der Waals surface area (Å²) < 4.78 is 27.3. The number of anilines is 1. The Hall–Kier alpha value is -6.81. The Labute approximate surface area is 330 Å². The van der Waals surface area contributed by atoms with Crippen molar-refractivity contribution in [3.8, 4) is 17.6 Å². The fourth-order valence-corrected chi connectivity index (χ4v) is 6.56. The number of unbranched alkanes of at least 4 members (excludes halogenated alkanes) is 2. The van der Waals surface area contributed by atoms with Crippen LogP contribution in [0.5, 0.6) is 5.75 Å². The molecule has 3 aliphatic rings. The average Bonchev–Trinajstić information content (AvgIpc) is 3.88. The van der Waals surface area contributed by atoms with Gasteiger partial charge in [-0.05, 0) is 56.7 Å². The molecule has 300 valence electrons. The zero-order chi connectivity index (χ0) is 40.8. The third-order valence-corrected chi connectivity index (χ3v) is 9.68. The molecule has 18 nitrogen and oxygen atoms in total. The van der Waals surface area contributed by atoms with E-state index in [4.69, 9.17) is 14.7 Å². The first-order valence-electron chi connectivity index (χ1n) is 18.9. The minimum absolute atomic E-state index is 0.00482. The van der Waals surface area contributed by atoms with Crippen LogP contribution in [-0.2, 0) is 19.1 Å². The van der Waals surface area contributed by atoms with Gasteiger partial charge in [0.15, 0.2) is 18.1 Å². The van der Waals surface area contributed by atoms with Crippen molar-refractivity contribution in [1.29, 1.82) is 5.26 Å². The first-order chi connectivity index (χ1) is 28.1. The Bertz CT molecular complexity index is 2320. The molecule has 7 rings (SSSR count). The van der Waals surface area contributed by atoms with Crippen molar-refractivity contribution in [2.24, 2.45) is 0 Å². The van der Waals surface area contributed by atoms with Crippen LogP contribution in [0, 0.1) is 11.3 Å². The molecule has 1 aromatic carbocycles. The summed E-state index contributed by atoms with van der Waals surface area (Å²) in [5, 5.41) is 25.0. The van der Waals surface area contributed by atoms with Gasteiger partial charge < -0.3 is 25.4 Å². The normalized spacial score (nSPS) is 16.8. The van der Waals surface area contributed by atoms with E-state index in [1.807, 2.05) is 6.07 Å². The number of halogens is 1. The first-order valence-corrected chi connectivity index (χ1v) is 18.9. The number of piperidine rings is 1. The highest BCUT2D eigenvalue weighted by atomic mass is 19.1. The maximum absolute atomic E-state index is 14.7. The third-order valence-electron chi connectivity index (χ3n) is 9.68. The summed E-state index contributed by atoms with van der Waals surface area (Å²) in [5.74, 6) is -3.09. The maximum atomic E-state index is 14.7. The number of nitrogens with one attached hydrogen (secondary N) is 4. The highest BCUT2D eigenvalue weighted by Gasteiger charge is 2.46. The van der Waals surface area contributed by atoms with E-state index in [2.05, 4.69) is 36.3 Å². The van der Waals surface area contributed by atoms with E-state index < -0.39 is 54.3 Å². The number of carbonyl (C=O) groups is 6. The van der Waals surface area contributed by atoms with Gasteiger partial charge in [0.2, 0.25) is 11.8 Å². The molecule has 2 unspecified atom stereocenters. The molecular weight excluding hydrogens is 755 g/mol. The Morgan fingerprint density at radius 2 is 1.86 bits per heavy atom. The maximum Gasteiger partial charge on any atom is 0.266 e. The lowest BCUT2D eigenvalue weighted by molar-refractivity contribution is -0.136. The number of ether oxygens (including phenoxy) is 2. The molecule has 5 heterocycles. The number of amides is 6. The predicted octanol–water partition coefficient (Wildman–Crippen LogP) is 2.11. The molecule has 1 saturated heterocycles. The van der Waals surface area contributed by atoms with Crippen molar-refractivity contribution < 1.29 is 42.6 Å². The average molecular weight is 795 g/mol. The summed E-state index contributed by atoms with van der Waals surface area (Å²) in [6.45, 7) is -0.280. The van der Waals surface area contributed by atoms with E-state index >= 15 is 0 Å². The molecule has 0 spiro atoms.